The van der Waals surface area contributed by atoms with Crippen LogP contribution in [0.3, 0.4) is 0 Å². The molecular formula is C9H14N2. The van der Waals surface area contributed by atoms with Gasteiger partial charge in [-0.2, -0.15) is 0 Å². The summed E-state index contributed by atoms with van der Waals surface area (Å²) in [6.07, 6.45) is 8.84. The Morgan fingerprint density at radius 1 is 1.55 bits per heavy atom. The van der Waals surface area contributed by atoms with Crippen LogP contribution in [-0.4, -0.2) is 19.3 Å². The lowest BCUT2D eigenvalue weighted by Crippen LogP contribution is -2.35. The van der Waals surface area contributed by atoms with Gasteiger partial charge >= 0.3 is 0 Å². The molecule has 1 atom stereocenters. The third-order valence-electron chi connectivity index (χ3n) is 2.78. The van der Waals surface area contributed by atoms with Crippen molar-refractivity contribution >= 4 is 6.21 Å². The molecule has 2 rings (SSSR count). The first-order valence-corrected chi connectivity index (χ1v) is 4.25. The van der Waals surface area contributed by atoms with Gasteiger partial charge in [-0.15, -0.1) is 0 Å². The van der Waals surface area contributed by atoms with Crippen molar-refractivity contribution in [1.29, 1.82) is 0 Å². The molecule has 1 heterocycles. The fraction of sp³-hybridized carbons (Fsp3) is 0.667. The third-order valence-corrected chi connectivity index (χ3v) is 2.78. The van der Waals surface area contributed by atoms with Crippen LogP contribution in [-0.2, 0) is 0 Å². The van der Waals surface area contributed by atoms with Crippen molar-refractivity contribution in [3.63, 3.8) is 0 Å². The van der Waals surface area contributed by atoms with Crippen molar-refractivity contribution < 1.29 is 0 Å². The zero-order valence-electron chi connectivity index (χ0n) is 6.66. The van der Waals surface area contributed by atoms with Crippen LogP contribution in [0.4, 0.5) is 0 Å². The van der Waals surface area contributed by atoms with Crippen molar-refractivity contribution in [2.75, 3.05) is 13.1 Å². The van der Waals surface area contributed by atoms with Crippen LogP contribution in [0.25, 0.3) is 0 Å². The lowest BCUT2D eigenvalue weighted by molar-refractivity contribution is 0.348. The minimum Gasteiger partial charge on any atom is -0.330 e. The predicted molar refractivity (Wildman–Crippen MR) is 46.7 cm³/mol. The van der Waals surface area contributed by atoms with Gasteiger partial charge in [0.05, 0.1) is 0 Å². The molecule has 0 aromatic heterocycles. The maximum atomic E-state index is 5.75. The van der Waals surface area contributed by atoms with E-state index in [1.807, 2.05) is 12.3 Å². The number of rotatable bonds is 2. The van der Waals surface area contributed by atoms with Gasteiger partial charge in [-0.05, 0) is 24.8 Å². The first-order chi connectivity index (χ1) is 5.37. The molecule has 0 bridgehead atoms. The van der Waals surface area contributed by atoms with Gasteiger partial charge in [0.1, 0.15) is 0 Å². The van der Waals surface area contributed by atoms with Crippen LogP contribution in [0.5, 0.6) is 0 Å². The minimum absolute atomic E-state index is 0.231. The highest BCUT2D eigenvalue weighted by molar-refractivity contribution is 5.72. The second-order valence-corrected chi connectivity index (χ2v) is 3.56. The van der Waals surface area contributed by atoms with Gasteiger partial charge in [0.25, 0.3) is 0 Å². The van der Waals surface area contributed by atoms with E-state index >= 15 is 0 Å². The van der Waals surface area contributed by atoms with Gasteiger partial charge in [-0.1, -0.05) is 6.08 Å². The summed E-state index contributed by atoms with van der Waals surface area (Å²) in [5.74, 6) is 0.821. The lowest BCUT2D eigenvalue weighted by Gasteiger charge is -2.28. The second kappa shape index (κ2) is 2.45. The molecule has 2 aliphatic rings. The quantitative estimate of drug-likeness (QED) is 0.626. The molecule has 1 unspecified atom stereocenters. The van der Waals surface area contributed by atoms with Crippen LogP contribution >= 0.6 is 0 Å². The summed E-state index contributed by atoms with van der Waals surface area (Å²) in [5.41, 5.74) is 5.98. The molecule has 0 spiro atoms. The molecule has 0 amide bonds. The molecule has 1 saturated carbocycles. The molecule has 1 fully saturated rings. The van der Waals surface area contributed by atoms with E-state index in [1.54, 1.807) is 0 Å². The Hall–Kier alpha value is -0.630. The van der Waals surface area contributed by atoms with Crippen molar-refractivity contribution in [2.45, 2.75) is 12.8 Å². The van der Waals surface area contributed by atoms with E-state index in [0.29, 0.717) is 0 Å². The van der Waals surface area contributed by atoms with E-state index in [9.17, 15) is 0 Å². The van der Waals surface area contributed by atoms with Crippen molar-refractivity contribution in [2.24, 2.45) is 22.1 Å². The average molecular weight is 150 g/mol. The van der Waals surface area contributed by atoms with E-state index in [1.165, 1.54) is 12.8 Å². The zero-order valence-corrected chi connectivity index (χ0v) is 6.66. The number of nitrogens with zero attached hydrogens (tertiary/aromatic N) is 1. The molecule has 0 radical (unpaired) electrons. The van der Waals surface area contributed by atoms with Crippen LogP contribution in [0.15, 0.2) is 17.1 Å². The third kappa shape index (κ3) is 1.11. The Kier molecular flexibility index (Phi) is 1.57. The van der Waals surface area contributed by atoms with Gasteiger partial charge in [0, 0.05) is 24.7 Å². The Bertz CT molecular complexity index is 204. The molecule has 2 heteroatoms. The van der Waals surface area contributed by atoms with Crippen molar-refractivity contribution in [3.8, 4) is 0 Å². The Balaban J connectivity index is 2.15. The molecule has 2 nitrogen and oxygen atoms in total. The molecule has 0 aromatic carbocycles. The van der Waals surface area contributed by atoms with E-state index in [2.05, 4.69) is 11.1 Å². The summed E-state index contributed by atoms with van der Waals surface area (Å²) in [6.45, 7) is 1.66. The predicted octanol–water partition coefficient (Wildman–Crippen LogP) is 0.982. The minimum atomic E-state index is 0.231. The van der Waals surface area contributed by atoms with Crippen molar-refractivity contribution in [3.05, 3.63) is 12.2 Å². The average Bonchev–Trinajstić information content (AvgIpc) is 2.88. The summed E-state index contributed by atoms with van der Waals surface area (Å²) < 4.78 is 0. The summed E-state index contributed by atoms with van der Waals surface area (Å²) >= 11 is 0. The van der Waals surface area contributed by atoms with Crippen LogP contribution in [0.2, 0.25) is 0 Å². The van der Waals surface area contributed by atoms with Gasteiger partial charge < -0.3 is 5.73 Å². The SMILES string of the molecule is NCC1(C2CC2)C=CC=NC1. The lowest BCUT2D eigenvalue weighted by atomic mass is 9.81. The monoisotopic (exact) mass is 150 g/mol. The molecule has 1 aliphatic heterocycles. The summed E-state index contributed by atoms with van der Waals surface area (Å²) in [4.78, 5) is 4.27. The zero-order chi connectivity index (χ0) is 7.73. The smallest absolute Gasteiger partial charge is 0.0495 e. The standard InChI is InChI=1S/C9H14N2/c10-6-9(8-2-3-8)4-1-5-11-7-9/h1,4-5,8H,2-3,6-7,10H2. The van der Waals surface area contributed by atoms with Crippen molar-refractivity contribution in [1.82, 2.24) is 0 Å². The first-order valence-electron chi connectivity index (χ1n) is 4.25. The summed E-state index contributed by atoms with van der Waals surface area (Å²) in [5, 5.41) is 0. The molecule has 11 heavy (non-hydrogen) atoms. The maximum Gasteiger partial charge on any atom is 0.0495 e. The summed E-state index contributed by atoms with van der Waals surface area (Å²) in [6, 6.07) is 0. The highest BCUT2D eigenvalue weighted by Crippen LogP contribution is 2.46. The number of allylic oxidation sites excluding steroid dienone is 1. The van der Waals surface area contributed by atoms with E-state index in [0.717, 1.165) is 19.0 Å². The maximum absolute atomic E-state index is 5.75. The molecule has 0 saturated heterocycles. The van der Waals surface area contributed by atoms with Crippen LogP contribution in [0.1, 0.15) is 12.8 Å². The Labute approximate surface area is 67.2 Å². The van der Waals surface area contributed by atoms with Gasteiger partial charge in [0.15, 0.2) is 0 Å². The first kappa shape index (κ1) is 7.04. The molecule has 60 valence electrons. The number of hydrogen-bond acceptors (Lipinski definition) is 2. The van der Waals surface area contributed by atoms with Crippen LogP contribution in [0, 0.1) is 11.3 Å². The fourth-order valence-corrected chi connectivity index (χ4v) is 1.79. The fourth-order valence-electron chi connectivity index (χ4n) is 1.79. The van der Waals surface area contributed by atoms with Gasteiger partial charge in [0.2, 0.25) is 0 Å². The Morgan fingerprint density at radius 3 is 2.82 bits per heavy atom. The largest absolute Gasteiger partial charge is 0.330 e. The highest BCUT2D eigenvalue weighted by Gasteiger charge is 2.42. The second-order valence-electron chi connectivity index (χ2n) is 3.56. The molecular weight excluding hydrogens is 136 g/mol. The van der Waals surface area contributed by atoms with Crippen LogP contribution < -0.4 is 5.73 Å². The summed E-state index contributed by atoms with van der Waals surface area (Å²) in [7, 11) is 0. The van der Waals surface area contributed by atoms with Gasteiger partial charge in [-0.25, -0.2) is 0 Å². The topological polar surface area (TPSA) is 38.4 Å². The molecule has 1 aliphatic carbocycles. The number of aliphatic imine (C=N–C) groups is 1. The molecule has 2 N–H and O–H groups in total. The van der Waals surface area contributed by atoms with Gasteiger partial charge in [-0.3, -0.25) is 4.99 Å². The number of nitrogens with two attached hydrogens (primary N) is 1. The highest BCUT2D eigenvalue weighted by atomic mass is 14.8. The van der Waals surface area contributed by atoms with E-state index < -0.39 is 0 Å². The number of dihydropyridines is 1. The number of hydrogen-bond donors (Lipinski definition) is 1. The molecule has 0 aromatic rings. The Morgan fingerprint density at radius 2 is 2.36 bits per heavy atom. The van der Waals surface area contributed by atoms with E-state index in [4.69, 9.17) is 5.73 Å². The van der Waals surface area contributed by atoms with E-state index in [-0.39, 0.29) is 5.41 Å². The normalized spacial score (nSPS) is 36.1.